The molecule has 1 aromatic rings. The molecule has 1 aromatic heterocycles. The number of hydrogen-bond donors (Lipinski definition) is 0. The number of aryl methyl sites for hydroxylation is 1. The highest BCUT2D eigenvalue weighted by Gasteiger charge is 2.04. The predicted molar refractivity (Wildman–Crippen MR) is 52.8 cm³/mol. The van der Waals surface area contributed by atoms with E-state index in [9.17, 15) is 9.18 Å². The molecular formula is C11H14FNO. The van der Waals surface area contributed by atoms with Crippen LogP contribution in [0.2, 0.25) is 0 Å². The van der Waals surface area contributed by atoms with Crippen LogP contribution in [0.3, 0.4) is 0 Å². The molecule has 0 aliphatic carbocycles. The average molecular weight is 195 g/mol. The van der Waals surface area contributed by atoms with Crippen molar-refractivity contribution in [3.63, 3.8) is 0 Å². The highest BCUT2D eigenvalue weighted by atomic mass is 19.1. The van der Waals surface area contributed by atoms with Crippen molar-refractivity contribution >= 4 is 6.29 Å². The van der Waals surface area contributed by atoms with E-state index in [1.54, 1.807) is 0 Å². The molecule has 1 rings (SSSR count). The first-order valence-electron chi connectivity index (χ1n) is 4.88. The van der Waals surface area contributed by atoms with Crippen molar-refractivity contribution in [3.8, 4) is 0 Å². The zero-order chi connectivity index (χ0) is 10.4. The Hall–Kier alpha value is -1.25. The normalized spacial score (nSPS) is 10.1. The van der Waals surface area contributed by atoms with Gasteiger partial charge in [-0.2, -0.15) is 0 Å². The molecule has 0 spiro atoms. The number of nitrogens with zero attached hydrogens (tertiary/aromatic N) is 1. The molecule has 0 aliphatic heterocycles. The quantitative estimate of drug-likeness (QED) is 0.534. The zero-order valence-electron chi connectivity index (χ0n) is 8.29. The summed E-state index contributed by atoms with van der Waals surface area (Å²) in [5, 5.41) is 0. The fourth-order valence-corrected chi connectivity index (χ4v) is 1.28. The number of carbonyl (C=O) groups is 1. The molecule has 0 radical (unpaired) electrons. The highest BCUT2D eigenvalue weighted by Crippen LogP contribution is 2.09. The van der Waals surface area contributed by atoms with Crippen LogP contribution in [0.4, 0.5) is 4.39 Å². The van der Waals surface area contributed by atoms with Gasteiger partial charge < -0.3 is 0 Å². The maximum absolute atomic E-state index is 13.2. The topological polar surface area (TPSA) is 30.0 Å². The van der Waals surface area contributed by atoms with Gasteiger partial charge in [0.25, 0.3) is 0 Å². The summed E-state index contributed by atoms with van der Waals surface area (Å²) < 4.78 is 13.2. The third kappa shape index (κ3) is 2.91. The Labute approximate surface area is 83.2 Å². The van der Waals surface area contributed by atoms with Crippen LogP contribution in [-0.4, -0.2) is 11.3 Å². The van der Waals surface area contributed by atoms with Crippen LogP contribution < -0.4 is 0 Å². The van der Waals surface area contributed by atoms with Crippen LogP contribution in [0.5, 0.6) is 0 Å². The average Bonchev–Trinajstić information content (AvgIpc) is 2.21. The second-order valence-corrected chi connectivity index (χ2v) is 3.24. The number of carbonyl (C=O) groups excluding carboxylic acids is 1. The van der Waals surface area contributed by atoms with E-state index in [1.807, 2.05) is 0 Å². The van der Waals surface area contributed by atoms with E-state index in [-0.39, 0.29) is 5.82 Å². The van der Waals surface area contributed by atoms with E-state index in [2.05, 4.69) is 11.9 Å². The number of aldehydes is 1. The zero-order valence-corrected chi connectivity index (χ0v) is 8.29. The van der Waals surface area contributed by atoms with E-state index in [1.165, 1.54) is 12.1 Å². The van der Waals surface area contributed by atoms with E-state index in [0.29, 0.717) is 24.1 Å². The van der Waals surface area contributed by atoms with Gasteiger partial charge in [0.15, 0.2) is 6.29 Å². The van der Waals surface area contributed by atoms with Gasteiger partial charge in [-0.05, 0) is 25.0 Å². The van der Waals surface area contributed by atoms with Crippen molar-refractivity contribution in [1.29, 1.82) is 0 Å². The summed E-state index contributed by atoms with van der Waals surface area (Å²) in [6, 6.07) is 2.70. The third-order valence-electron chi connectivity index (χ3n) is 2.08. The lowest BCUT2D eigenvalue weighted by Crippen LogP contribution is -1.98. The van der Waals surface area contributed by atoms with Gasteiger partial charge in [0, 0.05) is 0 Å². The smallest absolute Gasteiger partial charge is 0.168 e. The molecule has 14 heavy (non-hydrogen) atoms. The minimum atomic E-state index is -0.313. The van der Waals surface area contributed by atoms with Crippen LogP contribution in [0.15, 0.2) is 12.1 Å². The number of unbranched alkanes of at least 4 members (excludes halogenated alkanes) is 2. The number of pyridine rings is 1. The first kappa shape index (κ1) is 10.8. The monoisotopic (exact) mass is 195 g/mol. The van der Waals surface area contributed by atoms with Gasteiger partial charge >= 0.3 is 0 Å². The maximum Gasteiger partial charge on any atom is 0.168 e. The molecule has 0 aliphatic rings. The molecule has 0 bridgehead atoms. The maximum atomic E-state index is 13.2. The fraction of sp³-hybridized carbons (Fsp3) is 0.455. The number of rotatable bonds is 5. The van der Waals surface area contributed by atoms with Crippen LogP contribution in [0.1, 0.15) is 42.4 Å². The summed E-state index contributed by atoms with van der Waals surface area (Å²) in [5.41, 5.74) is 0.709. The molecule has 0 saturated carbocycles. The third-order valence-corrected chi connectivity index (χ3v) is 2.08. The summed E-state index contributed by atoms with van der Waals surface area (Å²) >= 11 is 0. The van der Waals surface area contributed by atoms with Crippen molar-refractivity contribution < 1.29 is 9.18 Å². The highest BCUT2D eigenvalue weighted by molar-refractivity contribution is 5.71. The first-order chi connectivity index (χ1) is 6.77. The van der Waals surface area contributed by atoms with Crippen molar-refractivity contribution in [2.24, 2.45) is 0 Å². The molecule has 2 nitrogen and oxygen atoms in total. The van der Waals surface area contributed by atoms with Crippen molar-refractivity contribution in [3.05, 3.63) is 29.3 Å². The summed E-state index contributed by atoms with van der Waals surface area (Å²) in [6.07, 6.45) is 4.33. The lowest BCUT2D eigenvalue weighted by Gasteiger charge is -2.01. The van der Waals surface area contributed by atoms with E-state index >= 15 is 0 Å². The Kier molecular flexibility index (Phi) is 4.23. The summed E-state index contributed by atoms with van der Waals surface area (Å²) in [4.78, 5) is 14.3. The minimum absolute atomic E-state index is 0.304. The second-order valence-electron chi connectivity index (χ2n) is 3.24. The Bertz CT molecular complexity index is 312. The Balaban J connectivity index is 2.68. The molecule has 0 fully saturated rings. The van der Waals surface area contributed by atoms with Crippen molar-refractivity contribution in [2.75, 3.05) is 0 Å². The van der Waals surface area contributed by atoms with E-state index in [4.69, 9.17) is 0 Å². The van der Waals surface area contributed by atoms with Crippen molar-refractivity contribution in [1.82, 2.24) is 4.98 Å². The van der Waals surface area contributed by atoms with Gasteiger partial charge in [-0.3, -0.25) is 4.79 Å². The van der Waals surface area contributed by atoms with Crippen molar-refractivity contribution in [2.45, 2.75) is 32.6 Å². The molecule has 0 N–H and O–H groups in total. The minimum Gasteiger partial charge on any atom is -0.296 e. The first-order valence-corrected chi connectivity index (χ1v) is 4.88. The van der Waals surface area contributed by atoms with Gasteiger partial charge in [0.05, 0.1) is 5.69 Å². The molecule has 3 heteroatoms. The number of aromatic nitrogens is 1. The number of hydrogen-bond acceptors (Lipinski definition) is 2. The molecular weight excluding hydrogens is 181 g/mol. The largest absolute Gasteiger partial charge is 0.296 e. The summed E-state index contributed by atoms with van der Waals surface area (Å²) in [6.45, 7) is 2.09. The Morgan fingerprint density at radius 3 is 2.86 bits per heavy atom. The van der Waals surface area contributed by atoms with Gasteiger partial charge in [-0.25, -0.2) is 9.37 Å². The molecule has 0 unspecified atom stereocenters. The van der Waals surface area contributed by atoms with Gasteiger partial charge in [0.2, 0.25) is 0 Å². The SMILES string of the molecule is CCCCCc1nc(C=O)ccc1F. The lowest BCUT2D eigenvalue weighted by molar-refractivity contribution is 0.111. The Morgan fingerprint density at radius 2 is 2.21 bits per heavy atom. The molecule has 0 atom stereocenters. The Morgan fingerprint density at radius 1 is 1.43 bits per heavy atom. The predicted octanol–water partition coefficient (Wildman–Crippen LogP) is 2.77. The second kappa shape index (κ2) is 5.47. The van der Waals surface area contributed by atoms with E-state index in [0.717, 1.165) is 19.3 Å². The van der Waals surface area contributed by atoms with Crippen LogP contribution in [0, 0.1) is 5.82 Å². The fourth-order valence-electron chi connectivity index (χ4n) is 1.28. The standard InChI is InChI=1S/C11H14FNO/c1-2-3-4-5-11-10(12)7-6-9(8-14)13-11/h6-8H,2-5H2,1H3. The van der Waals surface area contributed by atoms with E-state index < -0.39 is 0 Å². The molecule has 0 amide bonds. The summed E-state index contributed by atoms with van der Waals surface area (Å²) in [7, 11) is 0. The summed E-state index contributed by atoms with van der Waals surface area (Å²) in [5.74, 6) is -0.313. The van der Waals surface area contributed by atoms with Crippen LogP contribution >= 0.6 is 0 Å². The number of halogens is 1. The van der Waals surface area contributed by atoms with Gasteiger partial charge in [-0.15, -0.1) is 0 Å². The molecule has 1 heterocycles. The van der Waals surface area contributed by atoms with Crippen LogP contribution in [-0.2, 0) is 6.42 Å². The molecule has 0 aromatic carbocycles. The lowest BCUT2D eigenvalue weighted by atomic mass is 10.1. The van der Waals surface area contributed by atoms with Gasteiger partial charge in [0.1, 0.15) is 11.5 Å². The van der Waals surface area contributed by atoms with Crippen LogP contribution in [0.25, 0.3) is 0 Å². The van der Waals surface area contributed by atoms with Gasteiger partial charge in [-0.1, -0.05) is 19.8 Å². The molecule has 76 valence electrons. The molecule has 0 saturated heterocycles.